The van der Waals surface area contributed by atoms with E-state index in [1.165, 1.54) is 0 Å². The highest BCUT2D eigenvalue weighted by Crippen LogP contribution is 2.12. The third kappa shape index (κ3) is 4.42. The smallest absolute Gasteiger partial charge is 0.338 e. The molecule has 0 aliphatic rings. The van der Waals surface area contributed by atoms with Gasteiger partial charge in [0.1, 0.15) is 0 Å². The SMILES string of the molecule is CC[C@@H](C)NC(=O)COC(=O)c1ccc(-n2nccc2C)cc1. The van der Waals surface area contributed by atoms with Crippen LogP contribution in [0.3, 0.4) is 0 Å². The molecule has 1 atom stereocenters. The van der Waals surface area contributed by atoms with Crippen LogP contribution in [0.5, 0.6) is 0 Å². The maximum absolute atomic E-state index is 11.9. The lowest BCUT2D eigenvalue weighted by atomic mass is 10.2. The minimum absolute atomic E-state index is 0.0674. The summed E-state index contributed by atoms with van der Waals surface area (Å²) in [5.41, 5.74) is 2.26. The van der Waals surface area contributed by atoms with Crippen molar-refractivity contribution in [2.75, 3.05) is 6.61 Å². The molecule has 6 heteroatoms. The fourth-order valence-corrected chi connectivity index (χ4v) is 2.01. The average molecular weight is 315 g/mol. The summed E-state index contributed by atoms with van der Waals surface area (Å²) in [5, 5.41) is 6.95. The maximum atomic E-state index is 11.9. The summed E-state index contributed by atoms with van der Waals surface area (Å²) in [6.07, 6.45) is 2.54. The number of aryl methyl sites for hydroxylation is 1. The van der Waals surface area contributed by atoms with Gasteiger partial charge in [-0.3, -0.25) is 4.79 Å². The van der Waals surface area contributed by atoms with Crippen LogP contribution in [0, 0.1) is 6.92 Å². The van der Waals surface area contributed by atoms with E-state index in [4.69, 9.17) is 4.74 Å². The Balaban J connectivity index is 1.93. The van der Waals surface area contributed by atoms with Gasteiger partial charge in [0.2, 0.25) is 0 Å². The van der Waals surface area contributed by atoms with Crippen LogP contribution in [0.25, 0.3) is 5.69 Å². The fraction of sp³-hybridized carbons (Fsp3) is 0.353. The van der Waals surface area contributed by atoms with Crippen molar-refractivity contribution < 1.29 is 14.3 Å². The van der Waals surface area contributed by atoms with Gasteiger partial charge in [0, 0.05) is 17.9 Å². The van der Waals surface area contributed by atoms with Crippen molar-refractivity contribution in [2.24, 2.45) is 0 Å². The number of aromatic nitrogens is 2. The second-order valence-electron chi connectivity index (χ2n) is 5.38. The summed E-state index contributed by atoms with van der Waals surface area (Å²) >= 11 is 0. The maximum Gasteiger partial charge on any atom is 0.338 e. The molecule has 1 heterocycles. The zero-order valence-electron chi connectivity index (χ0n) is 13.6. The highest BCUT2D eigenvalue weighted by Gasteiger charge is 2.12. The second kappa shape index (κ2) is 7.58. The van der Waals surface area contributed by atoms with Crippen LogP contribution in [0.15, 0.2) is 36.5 Å². The first kappa shape index (κ1) is 16.7. The van der Waals surface area contributed by atoms with Gasteiger partial charge in [-0.05, 0) is 50.6 Å². The van der Waals surface area contributed by atoms with Crippen LogP contribution >= 0.6 is 0 Å². The molecule has 0 aliphatic carbocycles. The quantitative estimate of drug-likeness (QED) is 0.830. The highest BCUT2D eigenvalue weighted by atomic mass is 16.5. The Morgan fingerprint density at radius 3 is 2.52 bits per heavy atom. The lowest BCUT2D eigenvalue weighted by molar-refractivity contribution is -0.124. The molecular weight excluding hydrogens is 294 g/mol. The topological polar surface area (TPSA) is 73.2 Å². The number of nitrogens with zero attached hydrogens (tertiary/aromatic N) is 2. The number of amides is 1. The monoisotopic (exact) mass is 315 g/mol. The Kier molecular flexibility index (Phi) is 5.51. The number of carbonyl (C=O) groups excluding carboxylic acids is 2. The van der Waals surface area contributed by atoms with Crippen LogP contribution < -0.4 is 5.32 Å². The third-order valence-corrected chi connectivity index (χ3v) is 3.53. The van der Waals surface area contributed by atoms with Gasteiger partial charge in [-0.2, -0.15) is 5.10 Å². The van der Waals surface area contributed by atoms with Crippen LogP contribution in [0.1, 0.15) is 36.3 Å². The molecule has 0 radical (unpaired) electrons. The summed E-state index contributed by atoms with van der Waals surface area (Å²) in [4.78, 5) is 23.5. The summed E-state index contributed by atoms with van der Waals surface area (Å²) in [6.45, 7) is 5.55. The van der Waals surface area contributed by atoms with E-state index in [1.807, 2.05) is 26.8 Å². The summed E-state index contributed by atoms with van der Waals surface area (Å²) in [5.74, 6) is -0.815. The highest BCUT2D eigenvalue weighted by molar-refractivity contribution is 5.91. The predicted octanol–water partition coefficient (Wildman–Crippen LogP) is 2.25. The number of benzene rings is 1. The second-order valence-corrected chi connectivity index (χ2v) is 5.38. The largest absolute Gasteiger partial charge is 0.452 e. The Morgan fingerprint density at radius 1 is 1.26 bits per heavy atom. The molecule has 0 spiro atoms. The minimum atomic E-state index is -0.520. The van der Waals surface area contributed by atoms with E-state index < -0.39 is 5.97 Å². The molecule has 1 amide bonds. The molecule has 1 N–H and O–H groups in total. The van der Waals surface area contributed by atoms with Crippen molar-refractivity contribution in [3.05, 3.63) is 47.8 Å². The molecule has 1 aromatic carbocycles. The van der Waals surface area contributed by atoms with Crippen molar-refractivity contribution in [3.8, 4) is 5.69 Å². The molecule has 23 heavy (non-hydrogen) atoms. The van der Waals surface area contributed by atoms with Gasteiger partial charge >= 0.3 is 5.97 Å². The molecule has 0 fully saturated rings. The molecular formula is C17H21N3O3. The molecule has 0 saturated heterocycles. The number of nitrogens with one attached hydrogen (secondary N) is 1. The summed E-state index contributed by atoms with van der Waals surface area (Å²) in [7, 11) is 0. The number of rotatable bonds is 6. The van der Waals surface area contributed by atoms with Crippen LogP contribution in [-0.2, 0) is 9.53 Å². The van der Waals surface area contributed by atoms with Gasteiger partial charge < -0.3 is 10.1 Å². The Labute approximate surface area is 135 Å². The van der Waals surface area contributed by atoms with Gasteiger partial charge in [0.05, 0.1) is 11.3 Å². The molecule has 1 aromatic heterocycles. The first-order valence-corrected chi connectivity index (χ1v) is 7.58. The van der Waals surface area contributed by atoms with E-state index in [0.29, 0.717) is 5.56 Å². The van der Waals surface area contributed by atoms with Crippen molar-refractivity contribution in [3.63, 3.8) is 0 Å². The Morgan fingerprint density at radius 2 is 1.96 bits per heavy atom. The van der Waals surface area contributed by atoms with Gasteiger partial charge in [-0.15, -0.1) is 0 Å². The van der Waals surface area contributed by atoms with E-state index in [-0.39, 0.29) is 18.6 Å². The van der Waals surface area contributed by atoms with E-state index in [2.05, 4.69) is 10.4 Å². The van der Waals surface area contributed by atoms with Crippen LogP contribution in [0.4, 0.5) is 0 Å². The van der Waals surface area contributed by atoms with Gasteiger partial charge in [-0.1, -0.05) is 6.92 Å². The summed E-state index contributed by atoms with van der Waals surface area (Å²) in [6, 6.07) is 8.86. The molecule has 6 nitrogen and oxygen atoms in total. The number of ether oxygens (including phenoxy) is 1. The molecule has 0 aliphatic heterocycles. The van der Waals surface area contributed by atoms with E-state index >= 15 is 0 Å². The molecule has 2 rings (SSSR count). The van der Waals surface area contributed by atoms with Crippen molar-refractivity contribution in [1.82, 2.24) is 15.1 Å². The number of hydrogen-bond acceptors (Lipinski definition) is 4. The van der Waals surface area contributed by atoms with Gasteiger partial charge in [0.25, 0.3) is 5.91 Å². The molecule has 0 bridgehead atoms. The lowest BCUT2D eigenvalue weighted by Gasteiger charge is -2.11. The standard InChI is InChI=1S/C17H21N3O3/c1-4-12(2)19-16(21)11-23-17(22)14-5-7-15(8-6-14)20-13(3)9-10-18-20/h5-10,12H,4,11H2,1-3H3,(H,19,21)/t12-/m1/s1. The molecule has 122 valence electrons. The predicted molar refractivity (Wildman–Crippen MR) is 86.5 cm³/mol. The first-order valence-electron chi connectivity index (χ1n) is 7.58. The lowest BCUT2D eigenvalue weighted by Crippen LogP contribution is -2.35. The number of hydrogen-bond donors (Lipinski definition) is 1. The normalized spacial score (nSPS) is 11.8. The summed E-state index contributed by atoms with van der Waals surface area (Å²) < 4.78 is 6.79. The van der Waals surface area contributed by atoms with Crippen LogP contribution in [0.2, 0.25) is 0 Å². The molecule has 0 saturated carbocycles. The van der Waals surface area contributed by atoms with Crippen molar-refractivity contribution in [2.45, 2.75) is 33.2 Å². The first-order chi connectivity index (χ1) is 11.0. The van der Waals surface area contributed by atoms with Gasteiger partial charge in [-0.25, -0.2) is 9.48 Å². The fourth-order valence-electron chi connectivity index (χ4n) is 2.01. The van der Waals surface area contributed by atoms with Crippen LogP contribution in [-0.4, -0.2) is 34.3 Å². The molecule has 2 aromatic rings. The zero-order chi connectivity index (χ0) is 16.8. The number of carbonyl (C=O) groups is 2. The Hall–Kier alpha value is -2.63. The van der Waals surface area contributed by atoms with E-state index in [0.717, 1.165) is 17.8 Å². The zero-order valence-corrected chi connectivity index (χ0v) is 13.6. The van der Waals surface area contributed by atoms with E-state index in [1.54, 1.807) is 35.1 Å². The van der Waals surface area contributed by atoms with Gasteiger partial charge in [0.15, 0.2) is 6.61 Å². The van der Waals surface area contributed by atoms with Crippen molar-refractivity contribution in [1.29, 1.82) is 0 Å². The van der Waals surface area contributed by atoms with E-state index in [9.17, 15) is 9.59 Å². The average Bonchev–Trinajstić information content (AvgIpc) is 2.98. The third-order valence-electron chi connectivity index (χ3n) is 3.53. The number of esters is 1. The molecule has 0 unspecified atom stereocenters. The minimum Gasteiger partial charge on any atom is -0.452 e. The van der Waals surface area contributed by atoms with Crippen molar-refractivity contribution >= 4 is 11.9 Å². The Bertz CT molecular complexity index is 677.